The molecule has 1 aliphatic carbocycles. The van der Waals surface area contributed by atoms with Crippen LogP contribution in [-0.4, -0.2) is 12.6 Å². The van der Waals surface area contributed by atoms with E-state index >= 15 is 0 Å². The molecule has 0 radical (unpaired) electrons. The quantitative estimate of drug-likeness (QED) is 0.598. The average Bonchev–Trinajstić information content (AvgIpc) is 3.10. The van der Waals surface area contributed by atoms with E-state index in [1.54, 1.807) is 0 Å². The minimum Gasteiger partial charge on any atom is -0.466 e. The maximum Gasteiger partial charge on any atom is 0.309 e. The lowest BCUT2D eigenvalue weighted by atomic mass is 10.1. The minimum atomic E-state index is -0.0548. The van der Waals surface area contributed by atoms with Gasteiger partial charge in [0.15, 0.2) is 0 Å². The van der Waals surface area contributed by atoms with Gasteiger partial charge in [-0.25, -0.2) is 0 Å². The summed E-state index contributed by atoms with van der Waals surface area (Å²) in [6, 6.07) is 6.29. The van der Waals surface area contributed by atoms with Crippen molar-refractivity contribution in [3.8, 4) is 0 Å². The zero-order valence-corrected chi connectivity index (χ0v) is 12.8. The third-order valence-electron chi connectivity index (χ3n) is 3.02. The Morgan fingerprint density at radius 3 is 2.94 bits per heavy atom. The molecule has 0 aliphatic heterocycles. The summed E-state index contributed by atoms with van der Waals surface area (Å²) in [6.07, 6.45) is 0.919. The Labute approximate surface area is 118 Å². The molecule has 4 heteroatoms. The van der Waals surface area contributed by atoms with Crippen molar-refractivity contribution in [2.75, 3.05) is 6.61 Å². The van der Waals surface area contributed by atoms with Crippen molar-refractivity contribution in [3.05, 3.63) is 33.8 Å². The molecular formula is C13H14Br2O2. The Morgan fingerprint density at radius 1 is 1.53 bits per heavy atom. The summed E-state index contributed by atoms with van der Waals surface area (Å²) in [6.45, 7) is 2.31. The molecule has 92 valence electrons. The Morgan fingerprint density at radius 2 is 2.29 bits per heavy atom. The summed E-state index contributed by atoms with van der Waals surface area (Å²) in [5.74, 6) is 0.361. The molecule has 2 rings (SSSR count). The zero-order valence-electron chi connectivity index (χ0n) is 9.58. The summed E-state index contributed by atoms with van der Waals surface area (Å²) < 4.78 is 6.14. The van der Waals surface area contributed by atoms with Crippen molar-refractivity contribution >= 4 is 37.8 Å². The Balaban J connectivity index is 2.08. The predicted octanol–water partition coefficient (Wildman–Crippen LogP) is 4.01. The second kappa shape index (κ2) is 5.53. The predicted molar refractivity (Wildman–Crippen MR) is 74.3 cm³/mol. The topological polar surface area (TPSA) is 26.3 Å². The zero-order chi connectivity index (χ0) is 12.4. The summed E-state index contributed by atoms with van der Waals surface area (Å²) >= 11 is 6.97. The first-order valence-electron chi connectivity index (χ1n) is 5.68. The molecule has 1 fully saturated rings. The van der Waals surface area contributed by atoms with E-state index in [9.17, 15) is 4.79 Å². The first kappa shape index (κ1) is 13.1. The number of halogens is 2. The molecule has 2 nitrogen and oxygen atoms in total. The van der Waals surface area contributed by atoms with Crippen molar-refractivity contribution in [1.82, 2.24) is 0 Å². The number of hydrogen-bond donors (Lipinski definition) is 0. The van der Waals surface area contributed by atoms with Gasteiger partial charge in [-0.1, -0.05) is 44.0 Å². The van der Waals surface area contributed by atoms with Crippen LogP contribution in [0.2, 0.25) is 0 Å². The fourth-order valence-corrected chi connectivity index (χ4v) is 3.23. The van der Waals surface area contributed by atoms with Crippen LogP contribution in [-0.2, 0) is 14.9 Å². The second-order valence-electron chi connectivity index (χ2n) is 4.19. The van der Waals surface area contributed by atoms with Gasteiger partial charge >= 0.3 is 5.97 Å². The Bertz CT molecular complexity index is 431. The van der Waals surface area contributed by atoms with Crippen LogP contribution >= 0.6 is 31.9 Å². The number of carbonyl (C=O) groups is 1. The maximum absolute atomic E-state index is 11.6. The highest BCUT2D eigenvalue weighted by Crippen LogP contribution is 2.48. The Hall–Kier alpha value is -0.350. The number of rotatable bonds is 4. The highest BCUT2D eigenvalue weighted by atomic mass is 79.9. The molecule has 0 spiro atoms. The van der Waals surface area contributed by atoms with E-state index in [-0.39, 0.29) is 11.9 Å². The fraction of sp³-hybridized carbons (Fsp3) is 0.462. The second-order valence-corrected chi connectivity index (χ2v) is 5.60. The molecule has 1 aromatic carbocycles. The first-order chi connectivity index (χ1) is 8.17. The number of ether oxygens (including phenoxy) is 1. The van der Waals surface area contributed by atoms with Gasteiger partial charge in [-0.3, -0.25) is 4.79 Å². The normalized spacial score (nSPS) is 22.3. The van der Waals surface area contributed by atoms with Gasteiger partial charge < -0.3 is 4.74 Å². The van der Waals surface area contributed by atoms with Gasteiger partial charge in [-0.05, 0) is 36.5 Å². The van der Waals surface area contributed by atoms with Crippen molar-refractivity contribution in [2.45, 2.75) is 24.6 Å². The van der Waals surface area contributed by atoms with Crippen LogP contribution in [0.5, 0.6) is 0 Å². The van der Waals surface area contributed by atoms with E-state index in [1.165, 1.54) is 11.1 Å². The molecule has 1 saturated carbocycles. The summed E-state index contributed by atoms with van der Waals surface area (Å²) in [5, 5.41) is 0.818. The third-order valence-corrected chi connectivity index (χ3v) is 4.40. The third kappa shape index (κ3) is 2.91. The summed E-state index contributed by atoms with van der Waals surface area (Å²) in [5.41, 5.74) is 2.46. The lowest BCUT2D eigenvalue weighted by Gasteiger charge is -2.05. The van der Waals surface area contributed by atoms with E-state index in [0.29, 0.717) is 12.5 Å². The van der Waals surface area contributed by atoms with E-state index in [4.69, 9.17) is 4.74 Å². The van der Waals surface area contributed by atoms with Crippen LogP contribution in [0.1, 0.15) is 30.4 Å². The van der Waals surface area contributed by atoms with Crippen LogP contribution in [0, 0.1) is 5.92 Å². The van der Waals surface area contributed by atoms with Crippen molar-refractivity contribution in [2.24, 2.45) is 5.92 Å². The van der Waals surface area contributed by atoms with Crippen molar-refractivity contribution < 1.29 is 9.53 Å². The van der Waals surface area contributed by atoms with Gasteiger partial charge in [0.2, 0.25) is 0 Å². The molecular weight excluding hydrogens is 348 g/mol. The maximum atomic E-state index is 11.6. The summed E-state index contributed by atoms with van der Waals surface area (Å²) in [7, 11) is 0. The van der Waals surface area contributed by atoms with Crippen LogP contribution in [0.4, 0.5) is 0 Å². The van der Waals surface area contributed by atoms with E-state index < -0.39 is 0 Å². The van der Waals surface area contributed by atoms with Gasteiger partial charge in [0, 0.05) is 9.80 Å². The molecule has 0 saturated heterocycles. The molecule has 1 aromatic rings. The van der Waals surface area contributed by atoms with E-state index in [0.717, 1.165) is 16.2 Å². The molecule has 2 atom stereocenters. The lowest BCUT2D eigenvalue weighted by Crippen LogP contribution is -2.07. The number of carbonyl (C=O) groups excluding carboxylic acids is 1. The van der Waals surface area contributed by atoms with Crippen LogP contribution in [0.15, 0.2) is 22.7 Å². The van der Waals surface area contributed by atoms with Crippen molar-refractivity contribution in [3.63, 3.8) is 0 Å². The van der Waals surface area contributed by atoms with Gasteiger partial charge in [-0.15, -0.1) is 0 Å². The van der Waals surface area contributed by atoms with E-state index in [1.807, 2.05) is 13.0 Å². The minimum absolute atomic E-state index is 0.0548. The molecule has 2 unspecified atom stereocenters. The molecule has 0 bridgehead atoms. The first-order valence-corrected chi connectivity index (χ1v) is 7.59. The van der Waals surface area contributed by atoms with Crippen LogP contribution < -0.4 is 0 Å². The highest BCUT2D eigenvalue weighted by molar-refractivity contribution is 9.10. The molecule has 1 aliphatic rings. The number of alkyl halides is 1. The molecule has 0 heterocycles. The van der Waals surface area contributed by atoms with Crippen LogP contribution in [0.3, 0.4) is 0 Å². The lowest BCUT2D eigenvalue weighted by molar-refractivity contribution is -0.144. The van der Waals surface area contributed by atoms with Crippen LogP contribution in [0.25, 0.3) is 0 Å². The smallest absolute Gasteiger partial charge is 0.309 e. The molecule has 17 heavy (non-hydrogen) atoms. The number of esters is 1. The molecule has 0 amide bonds. The molecule has 0 N–H and O–H groups in total. The largest absolute Gasteiger partial charge is 0.466 e. The van der Waals surface area contributed by atoms with Crippen molar-refractivity contribution in [1.29, 1.82) is 0 Å². The number of benzene rings is 1. The van der Waals surface area contributed by atoms with Gasteiger partial charge in [0.1, 0.15) is 0 Å². The van der Waals surface area contributed by atoms with Gasteiger partial charge in [0.25, 0.3) is 0 Å². The highest BCUT2D eigenvalue weighted by Gasteiger charge is 2.45. The van der Waals surface area contributed by atoms with Gasteiger partial charge in [-0.2, -0.15) is 0 Å². The fourth-order valence-electron chi connectivity index (χ4n) is 2.00. The van der Waals surface area contributed by atoms with E-state index in [2.05, 4.69) is 44.0 Å². The monoisotopic (exact) mass is 360 g/mol. The Kier molecular flexibility index (Phi) is 4.26. The summed E-state index contributed by atoms with van der Waals surface area (Å²) in [4.78, 5) is 11.6. The SMILES string of the molecule is CCOC(=O)C1CC1c1ccc(Br)c(CBr)c1. The molecule has 0 aromatic heterocycles. The average molecular weight is 362 g/mol. The standard InChI is InChI=1S/C13H14Br2O2/c1-2-17-13(16)11-6-10(11)8-3-4-12(15)9(5-8)7-14/h3-5,10-11H,2,6-7H2,1H3. The number of hydrogen-bond acceptors (Lipinski definition) is 2. The van der Waals surface area contributed by atoms with Gasteiger partial charge in [0.05, 0.1) is 12.5 Å².